The van der Waals surface area contributed by atoms with Gasteiger partial charge in [-0.1, -0.05) is 12.1 Å². The van der Waals surface area contributed by atoms with Crippen LogP contribution in [0.25, 0.3) is 0 Å². The van der Waals surface area contributed by atoms with Crippen molar-refractivity contribution in [3.8, 4) is 5.75 Å². The Kier molecular flexibility index (Phi) is 6.33. The molecule has 1 aromatic rings. The molecule has 1 aliphatic rings. The van der Waals surface area contributed by atoms with E-state index >= 15 is 0 Å². The van der Waals surface area contributed by atoms with Crippen LogP contribution >= 0.6 is 11.8 Å². The molecule has 0 bridgehead atoms. The largest absolute Gasteiger partial charge is 0.490 e. The predicted molar refractivity (Wildman–Crippen MR) is 93.0 cm³/mol. The van der Waals surface area contributed by atoms with Crippen molar-refractivity contribution in [3.05, 3.63) is 29.8 Å². The summed E-state index contributed by atoms with van der Waals surface area (Å²) in [7, 11) is 0. The van der Waals surface area contributed by atoms with Crippen molar-refractivity contribution in [2.24, 2.45) is 0 Å². The molecule has 1 heterocycles. The van der Waals surface area contributed by atoms with Crippen LogP contribution in [0.2, 0.25) is 0 Å². The van der Waals surface area contributed by atoms with E-state index in [1.54, 1.807) is 25.1 Å². The number of benzene rings is 1. The van der Waals surface area contributed by atoms with Crippen LogP contribution in [-0.2, 0) is 4.79 Å². The third kappa shape index (κ3) is 4.89. The summed E-state index contributed by atoms with van der Waals surface area (Å²) in [4.78, 5) is 26.7. The van der Waals surface area contributed by atoms with Crippen LogP contribution in [0.4, 0.5) is 0 Å². The first kappa shape index (κ1) is 17.7. The summed E-state index contributed by atoms with van der Waals surface area (Å²) in [6.07, 6.45) is -0.0196. The minimum absolute atomic E-state index is 0.0196. The molecule has 1 saturated heterocycles. The first-order valence-electron chi connectivity index (χ1n) is 7.92. The van der Waals surface area contributed by atoms with Gasteiger partial charge >= 0.3 is 0 Å². The molecule has 6 heteroatoms. The second-order valence-electron chi connectivity index (χ2n) is 5.80. The number of nitrogens with zero attached hydrogens (tertiary/aromatic N) is 1. The molecule has 0 unspecified atom stereocenters. The molecule has 2 amide bonds. The number of nitrogens with one attached hydrogen (secondary N) is 1. The van der Waals surface area contributed by atoms with Gasteiger partial charge in [0.1, 0.15) is 11.8 Å². The standard InChI is InChI=1S/C17H24N2O3S/c1-12(2)22-15-7-5-4-6-14(15)16(20)18-13(3)17(21)19-8-10-23-11-9-19/h4-7,12-13H,8-11H2,1-3H3,(H,18,20)/t13-/m1/s1. The molecule has 5 nitrogen and oxygen atoms in total. The molecule has 126 valence electrons. The monoisotopic (exact) mass is 336 g/mol. The number of hydrogen-bond donors (Lipinski definition) is 1. The topological polar surface area (TPSA) is 58.6 Å². The number of hydrogen-bond acceptors (Lipinski definition) is 4. The van der Waals surface area contributed by atoms with E-state index in [2.05, 4.69) is 5.32 Å². The fourth-order valence-electron chi connectivity index (χ4n) is 2.40. The van der Waals surface area contributed by atoms with Gasteiger partial charge in [-0.15, -0.1) is 0 Å². The van der Waals surface area contributed by atoms with Gasteiger partial charge in [0.25, 0.3) is 5.91 Å². The zero-order valence-electron chi connectivity index (χ0n) is 13.9. The Morgan fingerprint density at radius 1 is 1.17 bits per heavy atom. The molecule has 0 aromatic heterocycles. The van der Waals surface area contributed by atoms with Gasteiger partial charge in [0.2, 0.25) is 5.91 Å². The molecule has 0 spiro atoms. The van der Waals surface area contributed by atoms with E-state index in [1.807, 2.05) is 36.6 Å². The molecule has 0 radical (unpaired) electrons. The maximum Gasteiger partial charge on any atom is 0.255 e. The van der Waals surface area contributed by atoms with Crippen LogP contribution in [0.1, 0.15) is 31.1 Å². The first-order valence-corrected chi connectivity index (χ1v) is 9.07. The highest BCUT2D eigenvalue weighted by Gasteiger charge is 2.24. The van der Waals surface area contributed by atoms with Crippen molar-refractivity contribution in [1.82, 2.24) is 10.2 Å². The van der Waals surface area contributed by atoms with E-state index in [-0.39, 0.29) is 17.9 Å². The normalized spacial score (nSPS) is 16.1. The van der Waals surface area contributed by atoms with Crippen molar-refractivity contribution in [3.63, 3.8) is 0 Å². The molecule has 1 aromatic carbocycles. The van der Waals surface area contributed by atoms with Crippen LogP contribution in [0.3, 0.4) is 0 Å². The van der Waals surface area contributed by atoms with E-state index in [9.17, 15) is 9.59 Å². The highest BCUT2D eigenvalue weighted by Crippen LogP contribution is 2.19. The molecular weight excluding hydrogens is 312 g/mol. The van der Waals surface area contributed by atoms with Crippen molar-refractivity contribution < 1.29 is 14.3 Å². The maximum absolute atomic E-state index is 12.5. The molecule has 0 saturated carbocycles. The summed E-state index contributed by atoms with van der Waals surface area (Å²) in [6.45, 7) is 7.05. The molecule has 1 fully saturated rings. The third-order valence-corrected chi connectivity index (χ3v) is 4.48. The summed E-state index contributed by atoms with van der Waals surface area (Å²) >= 11 is 1.85. The van der Waals surface area contributed by atoms with Gasteiger partial charge in [-0.05, 0) is 32.9 Å². The van der Waals surface area contributed by atoms with E-state index in [1.165, 1.54) is 0 Å². The summed E-state index contributed by atoms with van der Waals surface area (Å²) in [5.74, 6) is 2.14. The minimum Gasteiger partial charge on any atom is -0.490 e. The van der Waals surface area contributed by atoms with Crippen molar-refractivity contribution in [2.45, 2.75) is 32.9 Å². The second-order valence-corrected chi connectivity index (χ2v) is 7.02. The van der Waals surface area contributed by atoms with E-state index in [0.29, 0.717) is 11.3 Å². The van der Waals surface area contributed by atoms with Crippen molar-refractivity contribution >= 4 is 23.6 Å². The van der Waals surface area contributed by atoms with Gasteiger partial charge in [-0.3, -0.25) is 9.59 Å². The van der Waals surface area contributed by atoms with Gasteiger partial charge < -0.3 is 15.0 Å². The first-order chi connectivity index (χ1) is 11.0. The van der Waals surface area contributed by atoms with Gasteiger partial charge in [-0.2, -0.15) is 11.8 Å². The van der Waals surface area contributed by atoms with Crippen LogP contribution < -0.4 is 10.1 Å². The van der Waals surface area contributed by atoms with Gasteiger partial charge in [0, 0.05) is 24.6 Å². The Bertz CT molecular complexity index is 557. The molecule has 0 aliphatic carbocycles. The van der Waals surface area contributed by atoms with E-state index in [0.717, 1.165) is 24.6 Å². The maximum atomic E-state index is 12.5. The number of carbonyl (C=O) groups is 2. The predicted octanol–water partition coefficient (Wildman–Crippen LogP) is 2.17. The summed E-state index contributed by atoms with van der Waals surface area (Å²) < 4.78 is 5.67. The lowest BCUT2D eigenvalue weighted by Crippen LogP contribution is -2.49. The number of thioether (sulfide) groups is 1. The smallest absolute Gasteiger partial charge is 0.255 e. The number of para-hydroxylation sites is 1. The molecule has 2 rings (SSSR count). The van der Waals surface area contributed by atoms with Gasteiger partial charge in [-0.25, -0.2) is 0 Å². The Balaban J connectivity index is 2.02. The lowest BCUT2D eigenvalue weighted by atomic mass is 10.1. The zero-order valence-corrected chi connectivity index (χ0v) is 14.7. The van der Waals surface area contributed by atoms with Crippen LogP contribution in [0.5, 0.6) is 5.75 Å². The Morgan fingerprint density at radius 3 is 2.48 bits per heavy atom. The van der Waals surface area contributed by atoms with Crippen molar-refractivity contribution in [2.75, 3.05) is 24.6 Å². The summed E-state index contributed by atoms with van der Waals surface area (Å²) in [5, 5.41) is 2.79. The summed E-state index contributed by atoms with van der Waals surface area (Å²) in [5.41, 5.74) is 0.454. The van der Waals surface area contributed by atoms with Gasteiger partial charge in [0.05, 0.1) is 11.7 Å². The molecular formula is C17H24N2O3S. The fraction of sp³-hybridized carbons (Fsp3) is 0.529. The number of rotatable bonds is 5. The molecule has 1 N–H and O–H groups in total. The minimum atomic E-state index is -0.544. The summed E-state index contributed by atoms with van der Waals surface area (Å²) in [6, 6.07) is 6.55. The van der Waals surface area contributed by atoms with Crippen LogP contribution in [-0.4, -0.2) is 53.5 Å². The van der Waals surface area contributed by atoms with Gasteiger partial charge in [0.15, 0.2) is 0 Å². The number of carbonyl (C=O) groups excluding carboxylic acids is 2. The Hall–Kier alpha value is -1.69. The third-order valence-electron chi connectivity index (χ3n) is 3.54. The Labute approximate surface area is 141 Å². The molecule has 23 heavy (non-hydrogen) atoms. The molecule has 1 aliphatic heterocycles. The quantitative estimate of drug-likeness (QED) is 0.895. The SMILES string of the molecule is CC(C)Oc1ccccc1C(=O)N[C@H](C)C(=O)N1CCSCC1. The van der Waals surface area contributed by atoms with E-state index in [4.69, 9.17) is 4.74 Å². The highest BCUT2D eigenvalue weighted by atomic mass is 32.2. The number of ether oxygens (including phenoxy) is 1. The highest BCUT2D eigenvalue weighted by molar-refractivity contribution is 7.99. The lowest BCUT2D eigenvalue weighted by Gasteiger charge is -2.29. The fourth-order valence-corrected chi connectivity index (χ4v) is 3.31. The lowest BCUT2D eigenvalue weighted by molar-refractivity contribution is -0.132. The van der Waals surface area contributed by atoms with Crippen LogP contribution in [0.15, 0.2) is 24.3 Å². The second kappa shape index (κ2) is 8.24. The average Bonchev–Trinajstić information content (AvgIpc) is 2.54. The zero-order chi connectivity index (χ0) is 16.8. The average molecular weight is 336 g/mol. The van der Waals surface area contributed by atoms with Crippen molar-refractivity contribution in [1.29, 1.82) is 0 Å². The molecule has 1 atom stereocenters. The van der Waals surface area contributed by atoms with Crippen LogP contribution in [0, 0.1) is 0 Å². The van der Waals surface area contributed by atoms with E-state index < -0.39 is 6.04 Å². The number of amides is 2. The Morgan fingerprint density at radius 2 is 1.83 bits per heavy atom.